The number of nitrogens with one attached hydrogen (secondary N) is 1. The summed E-state index contributed by atoms with van der Waals surface area (Å²) in [5.74, 6) is 1.01. The quantitative estimate of drug-likeness (QED) is 0.763. The van der Waals surface area contributed by atoms with E-state index in [-0.39, 0.29) is 6.10 Å². The highest BCUT2D eigenvalue weighted by Gasteiger charge is 2.19. The summed E-state index contributed by atoms with van der Waals surface area (Å²) >= 11 is 0. The Morgan fingerprint density at radius 3 is 2.80 bits per heavy atom. The van der Waals surface area contributed by atoms with Crippen molar-refractivity contribution in [2.24, 2.45) is 0 Å². The van der Waals surface area contributed by atoms with Crippen molar-refractivity contribution in [3.8, 4) is 5.75 Å². The second-order valence-electron chi connectivity index (χ2n) is 5.78. The molecular formula is C18H23NO. The average Bonchev–Trinajstić information content (AvgIpc) is 3.28. The van der Waals surface area contributed by atoms with Crippen LogP contribution in [0.3, 0.4) is 0 Å². The Hall–Kier alpha value is -1.54. The lowest BCUT2D eigenvalue weighted by atomic mass is 10.1. The molecule has 20 heavy (non-hydrogen) atoms. The van der Waals surface area contributed by atoms with Gasteiger partial charge in [0.05, 0.1) is 6.10 Å². The molecule has 1 unspecified atom stereocenters. The lowest BCUT2D eigenvalue weighted by Gasteiger charge is -2.16. The summed E-state index contributed by atoms with van der Waals surface area (Å²) in [7, 11) is 0. The SMILES string of the molecule is CC(CCCNC1CC1)Oc1cccc2ccccc12. The van der Waals surface area contributed by atoms with Crippen LogP contribution in [0.4, 0.5) is 0 Å². The zero-order valence-corrected chi connectivity index (χ0v) is 12.1. The van der Waals surface area contributed by atoms with Gasteiger partial charge in [0.15, 0.2) is 0 Å². The molecule has 0 amide bonds. The van der Waals surface area contributed by atoms with Crippen LogP contribution in [0.2, 0.25) is 0 Å². The molecule has 0 aromatic heterocycles. The van der Waals surface area contributed by atoms with Crippen LogP contribution < -0.4 is 10.1 Å². The molecule has 0 saturated heterocycles. The van der Waals surface area contributed by atoms with E-state index in [4.69, 9.17) is 4.74 Å². The van der Waals surface area contributed by atoms with E-state index in [0.717, 1.165) is 24.8 Å². The molecule has 106 valence electrons. The molecule has 1 atom stereocenters. The molecule has 1 aliphatic rings. The van der Waals surface area contributed by atoms with Crippen LogP contribution in [-0.2, 0) is 0 Å². The van der Waals surface area contributed by atoms with E-state index in [1.54, 1.807) is 0 Å². The van der Waals surface area contributed by atoms with Gasteiger partial charge in [-0.05, 0) is 50.6 Å². The summed E-state index contributed by atoms with van der Waals surface area (Å²) in [4.78, 5) is 0. The molecule has 2 nitrogen and oxygen atoms in total. The molecule has 1 fully saturated rings. The first-order chi connectivity index (χ1) is 9.83. The molecule has 0 radical (unpaired) electrons. The number of rotatable bonds is 7. The summed E-state index contributed by atoms with van der Waals surface area (Å²) in [6.45, 7) is 3.28. The second kappa shape index (κ2) is 6.27. The third kappa shape index (κ3) is 3.51. The molecule has 2 aromatic rings. The van der Waals surface area contributed by atoms with Gasteiger partial charge in [-0.15, -0.1) is 0 Å². The number of hydrogen-bond donors (Lipinski definition) is 1. The van der Waals surface area contributed by atoms with Crippen molar-refractivity contribution in [1.29, 1.82) is 0 Å². The van der Waals surface area contributed by atoms with Crippen LogP contribution in [0.1, 0.15) is 32.6 Å². The van der Waals surface area contributed by atoms with Crippen molar-refractivity contribution in [2.45, 2.75) is 44.8 Å². The summed E-state index contributed by atoms with van der Waals surface area (Å²) in [6.07, 6.45) is 5.27. The molecular weight excluding hydrogens is 246 g/mol. The molecule has 0 bridgehead atoms. The summed E-state index contributed by atoms with van der Waals surface area (Å²) in [5.41, 5.74) is 0. The van der Waals surface area contributed by atoms with E-state index in [0.29, 0.717) is 0 Å². The zero-order chi connectivity index (χ0) is 13.8. The largest absolute Gasteiger partial charge is 0.490 e. The number of hydrogen-bond acceptors (Lipinski definition) is 2. The van der Waals surface area contributed by atoms with E-state index in [1.165, 1.54) is 30.0 Å². The van der Waals surface area contributed by atoms with Crippen molar-refractivity contribution < 1.29 is 4.74 Å². The second-order valence-corrected chi connectivity index (χ2v) is 5.78. The highest BCUT2D eigenvalue weighted by molar-refractivity contribution is 5.88. The Kier molecular flexibility index (Phi) is 4.22. The summed E-state index contributed by atoms with van der Waals surface area (Å²) in [6, 6.07) is 15.5. The van der Waals surface area contributed by atoms with Gasteiger partial charge in [-0.1, -0.05) is 36.4 Å². The Balaban J connectivity index is 1.54. The lowest BCUT2D eigenvalue weighted by molar-refractivity contribution is 0.210. The van der Waals surface area contributed by atoms with Gasteiger partial charge in [0, 0.05) is 11.4 Å². The van der Waals surface area contributed by atoms with Crippen LogP contribution in [0.25, 0.3) is 10.8 Å². The van der Waals surface area contributed by atoms with E-state index in [9.17, 15) is 0 Å². The third-order valence-corrected chi connectivity index (χ3v) is 3.88. The van der Waals surface area contributed by atoms with Crippen molar-refractivity contribution in [3.63, 3.8) is 0 Å². The van der Waals surface area contributed by atoms with Crippen LogP contribution in [-0.4, -0.2) is 18.7 Å². The molecule has 0 spiro atoms. The third-order valence-electron chi connectivity index (χ3n) is 3.88. The van der Waals surface area contributed by atoms with Gasteiger partial charge < -0.3 is 10.1 Å². The van der Waals surface area contributed by atoms with Crippen molar-refractivity contribution >= 4 is 10.8 Å². The van der Waals surface area contributed by atoms with Crippen LogP contribution in [0.5, 0.6) is 5.75 Å². The Bertz CT molecular complexity index is 557. The molecule has 0 heterocycles. The van der Waals surface area contributed by atoms with E-state index >= 15 is 0 Å². The van der Waals surface area contributed by atoms with Gasteiger partial charge in [0.25, 0.3) is 0 Å². The standard InChI is InChI=1S/C18H23NO/c1-14(6-5-13-19-16-11-12-16)20-18-10-4-8-15-7-2-3-9-17(15)18/h2-4,7-10,14,16,19H,5-6,11-13H2,1H3. The number of fused-ring (bicyclic) bond motifs is 1. The highest BCUT2D eigenvalue weighted by Crippen LogP contribution is 2.26. The van der Waals surface area contributed by atoms with Crippen molar-refractivity contribution in [1.82, 2.24) is 5.32 Å². The lowest BCUT2D eigenvalue weighted by Crippen LogP contribution is -2.20. The van der Waals surface area contributed by atoms with Crippen molar-refractivity contribution in [2.75, 3.05) is 6.54 Å². The first kappa shape index (κ1) is 13.4. The zero-order valence-electron chi connectivity index (χ0n) is 12.1. The van der Waals surface area contributed by atoms with Crippen molar-refractivity contribution in [3.05, 3.63) is 42.5 Å². The Morgan fingerprint density at radius 1 is 1.15 bits per heavy atom. The molecule has 2 heteroatoms. The molecule has 2 aromatic carbocycles. The van der Waals surface area contributed by atoms with Crippen LogP contribution >= 0.6 is 0 Å². The summed E-state index contributed by atoms with van der Waals surface area (Å²) < 4.78 is 6.12. The van der Waals surface area contributed by atoms with Gasteiger partial charge in [0.1, 0.15) is 5.75 Å². The molecule has 1 aliphatic carbocycles. The molecule has 1 N–H and O–H groups in total. The fourth-order valence-electron chi connectivity index (χ4n) is 2.56. The first-order valence-corrected chi connectivity index (χ1v) is 7.71. The van der Waals surface area contributed by atoms with Crippen LogP contribution in [0, 0.1) is 0 Å². The fraction of sp³-hybridized carbons (Fsp3) is 0.444. The van der Waals surface area contributed by atoms with E-state index in [2.05, 4.69) is 54.7 Å². The average molecular weight is 269 g/mol. The maximum atomic E-state index is 6.12. The fourth-order valence-corrected chi connectivity index (χ4v) is 2.56. The predicted octanol–water partition coefficient (Wildman–Crippen LogP) is 4.14. The topological polar surface area (TPSA) is 21.3 Å². The minimum atomic E-state index is 0.266. The van der Waals surface area contributed by atoms with Gasteiger partial charge in [-0.3, -0.25) is 0 Å². The monoisotopic (exact) mass is 269 g/mol. The van der Waals surface area contributed by atoms with E-state index in [1.807, 2.05) is 0 Å². The minimum Gasteiger partial charge on any atom is -0.490 e. The van der Waals surface area contributed by atoms with Gasteiger partial charge in [-0.2, -0.15) is 0 Å². The molecule has 3 rings (SSSR count). The first-order valence-electron chi connectivity index (χ1n) is 7.71. The molecule has 1 saturated carbocycles. The van der Waals surface area contributed by atoms with Gasteiger partial charge >= 0.3 is 0 Å². The normalized spacial score (nSPS) is 16.2. The smallest absolute Gasteiger partial charge is 0.127 e. The Labute approximate surface area is 121 Å². The van der Waals surface area contributed by atoms with Crippen LogP contribution in [0.15, 0.2) is 42.5 Å². The van der Waals surface area contributed by atoms with E-state index < -0.39 is 0 Å². The summed E-state index contributed by atoms with van der Waals surface area (Å²) in [5, 5.41) is 6.00. The minimum absolute atomic E-state index is 0.266. The van der Waals surface area contributed by atoms with Gasteiger partial charge in [0.2, 0.25) is 0 Å². The predicted molar refractivity (Wildman–Crippen MR) is 84.3 cm³/mol. The van der Waals surface area contributed by atoms with Gasteiger partial charge in [-0.25, -0.2) is 0 Å². The Morgan fingerprint density at radius 2 is 1.95 bits per heavy atom. The highest BCUT2D eigenvalue weighted by atomic mass is 16.5. The maximum absolute atomic E-state index is 6.12. The maximum Gasteiger partial charge on any atom is 0.127 e. The molecule has 0 aliphatic heterocycles. The number of ether oxygens (including phenoxy) is 1. The number of benzene rings is 2.